The zero-order chi connectivity index (χ0) is 22.3. The van der Waals surface area contributed by atoms with Gasteiger partial charge in [-0.3, -0.25) is 4.79 Å². The second-order valence-electron chi connectivity index (χ2n) is 7.21. The van der Waals surface area contributed by atoms with Gasteiger partial charge in [-0.2, -0.15) is 0 Å². The van der Waals surface area contributed by atoms with Crippen molar-refractivity contribution in [1.82, 2.24) is 5.32 Å². The molecule has 2 aromatic rings. The van der Waals surface area contributed by atoms with Crippen molar-refractivity contribution < 1.29 is 24.2 Å². The quantitative estimate of drug-likeness (QED) is 0.518. The fourth-order valence-corrected chi connectivity index (χ4v) is 3.39. The Morgan fingerprint density at radius 1 is 1.23 bits per heavy atom. The van der Waals surface area contributed by atoms with Crippen molar-refractivity contribution in [2.45, 2.75) is 33.4 Å². The van der Waals surface area contributed by atoms with Crippen LogP contribution in [-0.4, -0.2) is 30.1 Å². The molecule has 0 aliphatic heterocycles. The number of aliphatic carboxylic acids is 1. The van der Waals surface area contributed by atoms with Crippen LogP contribution in [0.3, 0.4) is 0 Å². The van der Waals surface area contributed by atoms with Crippen LogP contribution in [0.1, 0.15) is 30.5 Å². The molecule has 0 bridgehead atoms. The molecule has 0 saturated carbocycles. The standard InChI is InChI=1S/C23H26BrNO5/c1-14(2)21(23(27)28)25-20(26)9-8-16-11-18(24)22(19(12-16)29-4)30-13-17-7-5-6-15(3)10-17/h5-12,14,21H,13H2,1-4H3,(H,25,26)(H,27,28)/b9-8+. The van der Waals surface area contributed by atoms with Crippen molar-refractivity contribution >= 4 is 33.9 Å². The number of carboxylic acids is 1. The Morgan fingerprint density at radius 2 is 1.97 bits per heavy atom. The lowest BCUT2D eigenvalue weighted by atomic mass is 10.0. The number of carboxylic acid groups (broad SMARTS) is 1. The smallest absolute Gasteiger partial charge is 0.326 e. The molecule has 0 fully saturated rings. The number of nitrogens with one attached hydrogen (secondary N) is 1. The summed E-state index contributed by atoms with van der Waals surface area (Å²) < 4.78 is 12.1. The SMILES string of the molecule is COc1cc(/C=C/C(=O)NC(C(=O)O)C(C)C)cc(Br)c1OCc1cccc(C)c1. The van der Waals surface area contributed by atoms with Crippen molar-refractivity contribution in [1.29, 1.82) is 0 Å². The molecule has 2 aromatic carbocycles. The highest BCUT2D eigenvalue weighted by molar-refractivity contribution is 9.10. The van der Waals surface area contributed by atoms with E-state index in [2.05, 4.69) is 27.3 Å². The first kappa shape index (κ1) is 23.5. The van der Waals surface area contributed by atoms with Gasteiger partial charge >= 0.3 is 5.97 Å². The lowest BCUT2D eigenvalue weighted by molar-refractivity contribution is -0.142. The van der Waals surface area contributed by atoms with Gasteiger partial charge in [-0.15, -0.1) is 0 Å². The molecule has 1 amide bonds. The van der Waals surface area contributed by atoms with Crippen molar-refractivity contribution in [3.05, 3.63) is 63.6 Å². The number of amides is 1. The van der Waals surface area contributed by atoms with Gasteiger partial charge in [0.1, 0.15) is 12.6 Å². The van der Waals surface area contributed by atoms with Gasteiger partial charge in [-0.25, -0.2) is 4.79 Å². The highest BCUT2D eigenvalue weighted by Crippen LogP contribution is 2.37. The summed E-state index contributed by atoms with van der Waals surface area (Å²) in [4.78, 5) is 23.3. The molecular weight excluding hydrogens is 450 g/mol. The summed E-state index contributed by atoms with van der Waals surface area (Å²) in [6.07, 6.45) is 2.89. The molecular formula is C23H26BrNO5. The fourth-order valence-electron chi connectivity index (χ4n) is 2.82. The Morgan fingerprint density at radius 3 is 2.57 bits per heavy atom. The van der Waals surface area contributed by atoms with E-state index in [0.717, 1.165) is 11.1 Å². The number of hydrogen-bond acceptors (Lipinski definition) is 4. The summed E-state index contributed by atoms with van der Waals surface area (Å²) in [7, 11) is 1.54. The molecule has 0 heterocycles. The minimum absolute atomic E-state index is 0.223. The second kappa shape index (κ2) is 10.8. The first-order valence-electron chi connectivity index (χ1n) is 9.48. The highest BCUT2D eigenvalue weighted by atomic mass is 79.9. The normalized spacial score (nSPS) is 12.1. The summed E-state index contributed by atoms with van der Waals surface area (Å²) in [6.45, 7) is 5.89. The maximum atomic E-state index is 12.1. The van der Waals surface area contributed by atoms with E-state index in [9.17, 15) is 14.7 Å². The van der Waals surface area contributed by atoms with Gasteiger partial charge in [-0.1, -0.05) is 43.7 Å². The molecule has 0 aliphatic rings. The van der Waals surface area contributed by atoms with Crippen LogP contribution in [0.2, 0.25) is 0 Å². The van der Waals surface area contributed by atoms with Gasteiger partial charge in [0.2, 0.25) is 5.91 Å². The number of carbonyl (C=O) groups excluding carboxylic acids is 1. The van der Waals surface area contributed by atoms with Crippen molar-refractivity contribution in [3.63, 3.8) is 0 Å². The number of ether oxygens (including phenoxy) is 2. The molecule has 30 heavy (non-hydrogen) atoms. The molecule has 0 aromatic heterocycles. The van der Waals surface area contributed by atoms with Crippen LogP contribution in [0, 0.1) is 12.8 Å². The molecule has 0 saturated heterocycles. The highest BCUT2D eigenvalue weighted by Gasteiger charge is 2.22. The maximum absolute atomic E-state index is 12.1. The number of aryl methyl sites for hydroxylation is 1. The van der Waals surface area contributed by atoms with E-state index < -0.39 is 17.9 Å². The Labute approximate surface area is 185 Å². The van der Waals surface area contributed by atoms with E-state index in [0.29, 0.717) is 28.1 Å². The third-order valence-corrected chi connectivity index (χ3v) is 4.96. The average molecular weight is 476 g/mol. The van der Waals surface area contributed by atoms with Crippen LogP contribution in [0.5, 0.6) is 11.5 Å². The van der Waals surface area contributed by atoms with Gasteiger partial charge < -0.3 is 19.9 Å². The number of benzene rings is 2. The Balaban J connectivity index is 2.13. The van der Waals surface area contributed by atoms with E-state index >= 15 is 0 Å². The minimum atomic E-state index is -1.06. The topological polar surface area (TPSA) is 84.9 Å². The fraction of sp³-hybridized carbons (Fsp3) is 0.304. The van der Waals surface area contributed by atoms with E-state index in [-0.39, 0.29) is 5.92 Å². The van der Waals surface area contributed by atoms with Gasteiger partial charge in [-0.05, 0) is 58.1 Å². The first-order valence-corrected chi connectivity index (χ1v) is 10.3. The zero-order valence-corrected chi connectivity index (χ0v) is 19.0. The molecule has 7 heteroatoms. The van der Waals surface area contributed by atoms with E-state index in [1.54, 1.807) is 39.2 Å². The average Bonchev–Trinajstić information content (AvgIpc) is 2.68. The lowest BCUT2D eigenvalue weighted by Gasteiger charge is -2.16. The predicted octanol–water partition coefficient (Wildman–Crippen LogP) is 4.58. The van der Waals surface area contributed by atoms with E-state index in [4.69, 9.17) is 9.47 Å². The van der Waals surface area contributed by atoms with Crippen molar-refractivity contribution in [2.24, 2.45) is 5.92 Å². The zero-order valence-electron chi connectivity index (χ0n) is 17.4. The number of halogens is 1. The second-order valence-corrected chi connectivity index (χ2v) is 8.07. The van der Waals surface area contributed by atoms with Gasteiger partial charge in [0.15, 0.2) is 11.5 Å². The number of hydrogen-bond donors (Lipinski definition) is 2. The molecule has 0 aliphatic carbocycles. The van der Waals surface area contributed by atoms with Crippen LogP contribution in [0.15, 0.2) is 46.9 Å². The molecule has 0 spiro atoms. The third-order valence-electron chi connectivity index (χ3n) is 4.38. The van der Waals surface area contributed by atoms with Crippen LogP contribution >= 0.6 is 15.9 Å². The maximum Gasteiger partial charge on any atom is 0.326 e. The summed E-state index contributed by atoms with van der Waals surface area (Å²) in [6, 6.07) is 10.7. The van der Waals surface area contributed by atoms with Crippen LogP contribution < -0.4 is 14.8 Å². The van der Waals surface area contributed by atoms with Gasteiger partial charge in [0.25, 0.3) is 0 Å². The summed E-state index contributed by atoms with van der Waals surface area (Å²) >= 11 is 3.50. The molecule has 0 radical (unpaired) electrons. The first-order chi connectivity index (χ1) is 14.2. The van der Waals surface area contributed by atoms with Crippen LogP contribution in [-0.2, 0) is 16.2 Å². The number of carbonyl (C=O) groups is 2. The largest absolute Gasteiger partial charge is 0.493 e. The van der Waals surface area contributed by atoms with Gasteiger partial charge in [0, 0.05) is 6.08 Å². The molecule has 1 atom stereocenters. The van der Waals surface area contributed by atoms with Gasteiger partial charge in [0.05, 0.1) is 11.6 Å². The third kappa shape index (κ3) is 6.62. The summed E-state index contributed by atoms with van der Waals surface area (Å²) in [5, 5.41) is 11.7. The Bertz CT molecular complexity index is 939. The van der Waals surface area contributed by atoms with Crippen molar-refractivity contribution in [3.8, 4) is 11.5 Å². The summed E-state index contributed by atoms with van der Waals surface area (Å²) in [5.74, 6) is -0.690. The number of methoxy groups -OCH3 is 1. The van der Waals surface area contributed by atoms with Crippen molar-refractivity contribution in [2.75, 3.05) is 7.11 Å². The minimum Gasteiger partial charge on any atom is -0.493 e. The lowest BCUT2D eigenvalue weighted by Crippen LogP contribution is -2.43. The monoisotopic (exact) mass is 475 g/mol. The molecule has 1 unspecified atom stereocenters. The van der Waals surface area contributed by atoms with Crippen LogP contribution in [0.25, 0.3) is 6.08 Å². The molecule has 6 nitrogen and oxygen atoms in total. The predicted molar refractivity (Wildman–Crippen MR) is 120 cm³/mol. The molecule has 2 rings (SSSR count). The number of rotatable bonds is 9. The summed E-state index contributed by atoms with van der Waals surface area (Å²) in [5.41, 5.74) is 2.90. The van der Waals surface area contributed by atoms with Crippen LogP contribution in [0.4, 0.5) is 0 Å². The Hall–Kier alpha value is -2.80. The Kier molecular flexibility index (Phi) is 8.47. The van der Waals surface area contributed by atoms with E-state index in [1.807, 2.05) is 25.1 Å². The molecule has 2 N–H and O–H groups in total. The van der Waals surface area contributed by atoms with E-state index in [1.165, 1.54) is 6.08 Å². The molecule has 160 valence electrons.